The fourth-order valence-electron chi connectivity index (χ4n) is 4.60. The number of benzene rings is 1. The molecule has 1 aliphatic heterocycles. The van der Waals surface area contributed by atoms with E-state index in [9.17, 15) is 15.0 Å². The minimum atomic E-state index is -0.669. The Morgan fingerprint density at radius 3 is 2.59 bits per heavy atom. The molecular formula is C21H30ClNO4. The summed E-state index contributed by atoms with van der Waals surface area (Å²) in [5, 5.41) is 21.3. The monoisotopic (exact) mass is 395 g/mol. The van der Waals surface area contributed by atoms with Crippen molar-refractivity contribution in [2.24, 2.45) is 5.41 Å². The number of amides is 1. The molecule has 0 aromatic heterocycles. The van der Waals surface area contributed by atoms with E-state index in [0.29, 0.717) is 37.6 Å². The Hall–Kier alpha value is -1.14. The van der Waals surface area contributed by atoms with Crippen LogP contribution in [0.25, 0.3) is 0 Å². The van der Waals surface area contributed by atoms with Gasteiger partial charge in [0.05, 0.1) is 18.1 Å². The fraction of sp³-hybridized carbons (Fsp3) is 0.667. The van der Waals surface area contributed by atoms with Gasteiger partial charge in [0, 0.05) is 37.2 Å². The quantitative estimate of drug-likeness (QED) is 0.696. The van der Waals surface area contributed by atoms with Crippen molar-refractivity contribution >= 4 is 17.5 Å². The lowest BCUT2D eigenvalue weighted by Gasteiger charge is -2.50. The molecule has 150 valence electrons. The number of carbonyl (C=O) groups is 1. The van der Waals surface area contributed by atoms with Gasteiger partial charge in [0.2, 0.25) is 5.91 Å². The van der Waals surface area contributed by atoms with Gasteiger partial charge in [0.1, 0.15) is 0 Å². The van der Waals surface area contributed by atoms with Crippen LogP contribution in [0.2, 0.25) is 5.02 Å². The number of halogens is 1. The highest BCUT2D eigenvalue weighted by Gasteiger charge is 2.51. The summed E-state index contributed by atoms with van der Waals surface area (Å²) in [6.07, 6.45) is 3.98. The largest absolute Gasteiger partial charge is 0.396 e. The second kappa shape index (κ2) is 8.48. The van der Waals surface area contributed by atoms with Gasteiger partial charge in [-0.15, -0.1) is 0 Å². The molecule has 1 amide bonds. The van der Waals surface area contributed by atoms with E-state index < -0.39 is 16.9 Å². The summed E-state index contributed by atoms with van der Waals surface area (Å²) in [6, 6.07) is 7.59. The van der Waals surface area contributed by atoms with E-state index in [2.05, 4.69) is 0 Å². The van der Waals surface area contributed by atoms with Crippen LogP contribution in [0.15, 0.2) is 24.3 Å². The number of aliphatic hydroxyl groups is 2. The number of hydrogen-bond acceptors (Lipinski definition) is 4. The average Bonchev–Trinajstić information content (AvgIpc) is 2.64. The average molecular weight is 396 g/mol. The van der Waals surface area contributed by atoms with E-state index in [1.54, 1.807) is 7.11 Å². The highest BCUT2D eigenvalue weighted by molar-refractivity contribution is 6.30. The predicted molar refractivity (Wildman–Crippen MR) is 105 cm³/mol. The van der Waals surface area contributed by atoms with Crippen molar-refractivity contribution in [2.75, 3.05) is 33.4 Å². The van der Waals surface area contributed by atoms with Crippen LogP contribution >= 0.6 is 11.6 Å². The van der Waals surface area contributed by atoms with Gasteiger partial charge < -0.3 is 19.8 Å². The third-order valence-electron chi connectivity index (χ3n) is 6.52. The second-order valence-corrected chi connectivity index (χ2v) is 8.53. The van der Waals surface area contributed by atoms with Gasteiger partial charge in [-0.05, 0) is 49.8 Å². The highest BCUT2D eigenvalue weighted by atomic mass is 35.5. The Balaban J connectivity index is 1.80. The minimum Gasteiger partial charge on any atom is -0.396 e. The topological polar surface area (TPSA) is 70.0 Å². The zero-order chi connectivity index (χ0) is 19.5. The number of piperidine rings is 1. The molecule has 0 radical (unpaired) electrons. The predicted octanol–water partition coefficient (Wildman–Crippen LogP) is 2.76. The van der Waals surface area contributed by atoms with Crippen molar-refractivity contribution in [1.82, 2.24) is 4.90 Å². The lowest BCUT2D eigenvalue weighted by molar-refractivity contribution is -0.152. The van der Waals surface area contributed by atoms with Crippen LogP contribution in [-0.2, 0) is 14.9 Å². The molecule has 0 unspecified atom stereocenters. The molecule has 2 aliphatic rings. The van der Waals surface area contributed by atoms with E-state index in [0.717, 1.165) is 31.2 Å². The van der Waals surface area contributed by atoms with E-state index in [4.69, 9.17) is 16.3 Å². The molecule has 1 aromatic rings. The molecule has 2 N–H and O–H groups in total. The van der Waals surface area contributed by atoms with Crippen molar-refractivity contribution in [3.05, 3.63) is 34.9 Å². The number of methoxy groups -OCH3 is 1. The van der Waals surface area contributed by atoms with Crippen molar-refractivity contribution in [2.45, 2.75) is 50.0 Å². The molecule has 0 spiro atoms. The molecule has 3 rings (SSSR count). The molecule has 1 heterocycles. The summed E-state index contributed by atoms with van der Waals surface area (Å²) in [5.74, 6) is 0.118. The maximum absolute atomic E-state index is 13.5. The second-order valence-electron chi connectivity index (χ2n) is 8.09. The zero-order valence-electron chi connectivity index (χ0n) is 16.0. The van der Waals surface area contributed by atoms with Crippen LogP contribution in [0, 0.1) is 5.41 Å². The molecule has 0 bridgehead atoms. The van der Waals surface area contributed by atoms with Crippen molar-refractivity contribution in [3.8, 4) is 0 Å². The molecule has 1 saturated carbocycles. The number of likely N-dealkylation sites (tertiary alicyclic amines) is 1. The molecule has 2 atom stereocenters. The first-order valence-electron chi connectivity index (χ1n) is 9.81. The lowest BCUT2D eigenvalue weighted by atomic mass is 9.63. The number of ether oxygens (including phenoxy) is 1. The van der Waals surface area contributed by atoms with Crippen LogP contribution in [0.4, 0.5) is 0 Å². The summed E-state index contributed by atoms with van der Waals surface area (Å²) in [7, 11) is 1.64. The number of nitrogens with zero attached hydrogens (tertiary/aromatic N) is 1. The molecule has 6 heteroatoms. The Morgan fingerprint density at radius 1 is 1.33 bits per heavy atom. The molecule has 2 fully saturated rings. The van der Waals surface area contributed by atoms with E-state index in [-0.39, 0.29) is 12.5 Å². The standard InChI is InChI=1S/C21H30ClNO4/c1-27-13-3-9-20(15-24)14-23(12-8-18(20)25)19(26)21(10-2-11-21)16-4-6-17(22)7-5-16/h4-7,18,24-25H,2-3,8-15H2,1H3/t18-,20+/m1/s1. The smallest absolute Gasteiger partial charge is 0.233 e. The molecule has 27 heavy (non-hydrogen) atoms. The Morgan fingerprint density at radius 2 is 2.04 bits per heavy atom. The van der Waals surface area contributed by atoms with Gasteiger partial charge >= 0.3 is 0 Å². The summed E-state index contributed by atoms with van der Waals surface area (Å²) in [6.45, 7) is 1.37. The first-order chi connectivity index (χ1) is 13.0. The zero-order valence-corrected chi connectivity index (χ0v) is 16.7. The maximum Gasteiger partial charge on any atom is 0.233 e. The maximum atomic E-state index is 13.5. The van der Waals surface area contributed by atoms with Crippen molar-refractivity contribution < 1.29 is 19.7 Å². The number of carbonyl (C=O) groups excluding carboxylic acids is 1. The van der Waals surface area contributed by atoms with Crippen LogP contribution in [-0.4, -0.2) is 60.5 Å². The number of rotatable bonds is 7. The van der Waals surface area contributed by atoms with E-state index in [1.165, 1.54) is 0 Å². The van der Waals surface area contributed by atoms with Crippen LogP contribution in [0.5, 0.6) is 0 Å². The summed E-state index contributed by atoms with van der Waals surface area (Å²) < 4.78 is 5.13. The van der Waals surface area contributed by atoms with E-state index in [1.807, 2.05) is 29.2 Å². The normalized spacial score (nSPS) is 27.3. The van der Waals surface area contributed by atoms with Gasteiger partial charge in [-0.3, -0.25) is 4.79 Å². The van der Waals surface area contributed by atoms with Crippen LogP contribution in [0.3, 0.4) is 0 Å². The van der Waals surface area contributed by atoms with Crippen LogP contribution in [0.1, 0.15) is 44.1 Å². The highest BCUT2D eigenvalue weighted by Crippen LogP contribution is 2.47. The molecule has 5 nitrogen and oxygen atoms in total. The molecule has 1 aromatic carbocycles. The minimum absolute atomic E-state index is 0.118. The Labute approximate surface area is 166 Å². The van der Waals surface area contributed by atoms with Gasteiger partial charge in [-0.25, -0.2) is 0 Å². The molecule has 1 saturated heterocycles. The van der Waals surface area contributed by atoms with Gasteiger partial charge in [-0.2, -0.15) is 0 Å². The van der Waals surface area contributed by atoms with E-state index >= 15 is 0 Å². The van der Waals surface area contributed by atoms with Gasteiger partial charge in [0.15, 0.2) is 0 Å². The van der Waals surface area contributed by atoms with Crippen molar-refractivity contribution in [1.29, 1.82) is 0 Å². The first kappa shape index (κ1) is 20.6. The number of aliphatic hydroxyl groups excluding tert-OH is 2. The molecular weight excluding hydrogens is 366 g/mol. The van der Waals surface area contributed by atoms with Crippen LogP contribution < -0.4 is 0 Å². The Kier molecular flexibility index (Phi) is 6.46. The van der Waals surface area contributed by atoms with Gasteiger partial charge in [0.25, 0.3) is 0 Å². The number of hydrogen-bond donors (Lipinski definition) is 2. The third kappa shape index (κ3) is 3.88. The lowest BCUT2D eigenvalue weighted by Crippen LogP contribution is -2.60. The van der Waals surface area contributed by atoms with Crippen molar-refractivity contribution in [3.63, 3.8) is 0 Å². The molecule has 1 aliphatic carbocycles. The summed E-state index contributed by atoms with van der Waals surface area (Å²) in [4.78, 5) is 15.4. The fourth-order valence-corrected chi connectivity index (χ4v) is 4.72. The Bertz CT molecular complexity index is 646. The first-order valence-corrected chi connectivity index (χ1v) is 10.2. The summed E-state index contributed by atoms with van der Waals surface area (Å²) >= 11 is 6.02. The third-order valence-corrected chi connectivity index (χ3v) is 6.78. The SMILES string of the molecule is COCCC[C@@]1(CO)CN(C(=O)C2(c3ccc(Cl)cc3)CCC2)CC[C@H]1O. The van der Waals surface area contributed by atoms with Gasteiger partial charge in [-0.1, -0.05) is 30.2 Å². The summed E-state index contributed by atoms with van der Waals surface area (Å²) in [5.41, 5.74) is -0.138.